The molecular formula is C15H28N2. The molecule has 0 unspecified atom stereocenters. The summed E-state index contributed by atoms with van der Waals surface area (Å²) in [5.41, 5.74) is 10.2. The molecule has 98 valence electrons. The summed E-state index contributed by atoms with van der Waals surface area (Å²) in [7, 11) is 0. The lowest BCUT2D eigenvalue weighted by atomic mass is 9.88. The molecule has 0 aliphatic carbocycles. The minimum absolute atomic E-state index is 0.115. The van der Waals surface area contributed by atoms with Gasteiger partial charge >= 0.3 is 0 Å². The molecule has 0 aromatic heterocycles. The summed E-state index contributed by atoms with van der Waals surface area (Å²) in [6.07, 6.45) is 3.95. The molecule has 0 fully saturated rings. The van der Waals surface area contributed by atoms with Crippen LogP contribution in [0.4, 0.5) is 0 Å². The molecule has 0 aromatic rings. The second-order valence-electron chi connectivity index (χ2n) is 5.57. The monoisotopic (exact) mass is 236 g/mol. The minimum atomic E-state index is 0.115. The van der Waals surface area contributed by atoms with Crippen LogP contribution in [0.3, 0.4) is 0 Å². The lowest BCUT2D eigenvalue weighted by Crippen LogP contribution is -2.19. The third-order valence-electron chi connectivity index (χ3n) is 2.79. The molecule has 0 atom stereocenters. The van der Waals surface area contributed by atoms with E-state index >= 15 is 0 Å². The molecule has 0 saturated heterocycles. The average Bonchev–Trinajstić information content (AvgIpc) is 2.20. The number of allylic oxidation sites excluding steroid dienone is 3. The van der Waals surface area contributed by atoms with E-state index in [0.717, 1.165) is 24.2 Å². The van der Waals surface area contributed by atoms with Gasteiger partial charge in [-0.25, -0.2) is 0 Å². The first-order valence-corrected chi connectivity index (χ1v) is 6.43. The van der Waals surface area contributed by atoms with Crippen LogP contribution in [0.1, 0.15) is 61.3 Å². The van der Waals surface area contributed by atoms with E-state index in [0.29, 0.717) is 0 Å². The number of hydrogen-bond donors (Lipinski definition) is 1. The molecule has 2 nitrogen and oxygen atoms in total. The van der Waals surface area contributed by atoms with Crippen molar-refractivity contribution in [1.82, 2.24) is 0 Å². The summed E-state index contributed by atoms with van der Waals surface area (Å²) < 4.78 is 0. The van der Waals surface area contributed by atoms with Crippen LogP contribution in [-0.4, -0.2) is 5.71 Å². The zero-order chi connectivity index (χ0) is 13.6. The predicted molar refractivity (Wildman–Crippen MR) is 78.1 cm³/mol. The highest BCUT2D eigenvalue weighted by Gasteiger charge is 2.17. The van der Waals surface area contributed by atoms with Gasteiger partial charge in [-0.1, -0.05) is 34.6 Å². The van der Waals surface area contributed by atoms with Crippen molar-refractivity contribution >= 4 is 5.71 Å². The molecule has 0 amide bonds. The van der Waals surface area contributed by atoms with Crippen LogP contribution >= 0.6 is 0 Å². The standard InChI is InChI=1S/C15H28N2/c1-8-11(3)13(10-12(4)16)17-14(9-2)15(5,6)7/h10H,8-9,16H2,1-7H3/b12-10+,13-11+,17-14?. The van der Waals surface area contributed by atoms with E-state index in [2.05, 4.69) is 41.5 Å². The van der Waals surface area contributed by atoms with Crippen LogP contribution in [0.25, 0.3) is 0 Å². The Bertz CT molecular complexity index is 334. The molecular weight excluding hydrogens is 208 g/mol. The SMILES string of the molecule is CCC(=NC(/C=C(\C)N)=C(\C)CC)C(C)(C)C. The van der Waals surface area contributed by atoms with Gasteiger partial charge < -0.3 is 5.73 Å². The third kappa shape index (κ3) is 5.71. The second-order valence-corrected chi connectivity index (χ2v) is 5.57. The molecule has 0 spiro atoms. The Hall–Kier alpha value is -1.05. The van der Waals surface area contributed by atoms with Crippen molar-refractivity contribution in [2.45, 2.75) is 61.3 Å². The number of hydrogen-bond acceptors (Lipinski definition) is 2. The maximum Gasteiger partial charge on any atom is 0.0635 e. The van der Waals surface area contributed by atoms with Crippen molar-refractivity contribution < 1.29 is 0 Å². The molecule has 0 saturated carbocycles. The van der Waals surface area contributed by atoms with Crippen LogP contribution in [0.2, 0.25) is 0 Å². The largest absolute Gasteiger partial charge is 0.402 e. The van der Waals surface area contributed by atoms with Crippen molar-refractivity contribution in [2.75, 3.05) is 0 Å². The van der Waals surface area contributed by atoms with Gasteiger partial charge in [-0.15, -0.1) is 0 Å². The zero-order valence-electron chi connectivity index (χ0n) is 12.5. The fourth-order valence-electron chi connectivity index (χ4n) is 1.57. The van der Waals surface area contributed by atoms with E-state index < -0.39 is 0 Å². The summed E-state index contributed by atoms with van der Waals surface area (Å²) in [5, 5.41) is 0. The first-order valence-electron chi connectivity index (χ1n) is 6.43. The Morgan fingerprint density at radius 1 is 1.12 bits per heavy atom. The van der Waals surface area contributed by atoms with E-state index in [1.54, 1.807) is 0 Å². The van der Waals surface area contributed by atoms with E-state index in [1.807, 2.05) is 13.0 Å². The molecule has 0 rings (SSSR count). The van der Waals surface area contributed by atoms with Gasteiger partial charge in [-0.2, -0.15) is 0 Å². The highest BCUT2D eigenvalue weighted by molar-refractivity contribution is 5.90. The van der Waals surface area contributed by atoms with Gasteiger partial charge in [0.25, 0.3) is 0 Å². The van der Waals surface area contributed by atoms with Gasteiger partial charge in [0.05, 0.1) is 5.70 Å². The lowest BCUT2D eigenvalue weighted by molar-refractivity contribution is 0.579. The van der Waals surface area contributed by atoms with Crippen molar-refractivity contribution in [1.29, 1.82) is 0 Å². The summed E-state index contributed by atoms with van der Waals surface area (Å²) in [6.45, 7) is 14.9. The van der Waals surface area contributed by atoms with Crippen LogP contribution < -0.4 is 5.73 Å². The molecule has 0 aliphatic rings. The van der Waals surface area contributed by atoms with Gasteiger partial charge in [-0.3, -0.25) is 4.99 Å². The summed E-state index contributed by atoms with van der Waals surface area (Å²) in [4.78, 5) is 4.82. The van der Waals surface area contributed by atoms with Gasteiger partial charge in [0, 0.05) is 16.8 Å². The Morgan fingerprint density at radius 2 is 1.65 bits per heavy atom. The van der Waals surface area contributed by atoms with Gasteiger partial charge in [0.2, 0.25) is 0 Å². The van der Waals surface area contributed by atoms with E-state index in [-0.39, 0.29) is 5.41 Å². The van der Waals surface area contributed by atoms with Gasteiger partial charge in [0.15, 0.2) is 0 Å². The molecule has 0 aliphatic heterocycles. The first-order chi connectivity index (χ1) is 7.72. The van der Waals surface area contributed by atoms with Gasteiger partial charge in [0.1, 0.15) is 0 Å². The fraction of sp³-hybridized carbons (Fsp3) is 0.667. The average molecular weight is 236 g/mol. The quantitative estimate of drug-likeness (QED) is 0.569. The lowest BCUT2D eigenvalue weighted by Gasteiger charge is -2.21. The summed E-state index contributed by atoms with van der Waals surface area (Å²) in [5.74, 6) is 0. The van der Waals surface area contributed by atoms with Crippen molar-refractivity contribution in [2.24, 2.45) is 16.1 Å². The molecule has 0 aromatic carbocycles. The zero-order valence-corrected chi connectivity index (χ0v) is 12.5. The Morgan fingerprint density at radius 3 is 1.94 bits per heavy atom. The highest BCUT2D eigenvalue weighted by atomic mass is 14.8. The van der Waals surface area contributed by atoms with Crippen molar-refractivity contribution in [3.63, 3.8) is 0 Å². The minimum Gasteiger partial charge on any atom is -0.402 e. The van der Waals surface area contributed by atoms with Crippen LogP contribution in [0, 0.1) is 5.41 Å². The molecule has 2 heteroatoms. The highest BCUT2D eigenvalue weighted by Crippen LogP contribution is 2.22. The maximum absolute atomic E-state index is 5.77. The molecule has 0 radical (unpaired) electrons. The second kappa shape index (κ2) is 6.63. The number of nitrogens with zero attached hydrogens (tertiary/aromatic N) is 1. The van der Waals surface area contributed by atoms with E-state index in [1.165, 1.54) is 11.3 Å². The van der Waals surface area contributed by atoms with Crippen LogP contribution in [0.5, 0.6) is 0 Å². The molecule has 2 N–H and O–H groups in total. The van der Waals surface area contributed by atoms with Crippen molar-refractivity contribution in [3.05, 3.63) is 23.0 Å². The number of rotatable bonds is 4. The Kier molecular flexibility index (Phi) is 6.22. The third-order valence-corrected chi connectivity index (χ3v) is 2.79. The van der Waals surface area contributed by atoms with Gasteiger partial charge in [-0.05, 0) is 38.3 Å². The van der Waals surface area contributed by atoms with Crippen LogP contribution in [0.15, 0.2) is 28.0 Å². The topological polar surface area (TPSA) is 38.4 Å². The Labute approximate surface area is 107 Å². The fourth-order valence-corrected chi connectivity index (χ4v) is 1.57. The Balaban J connectivity index is 5.52. The normalized spacial score (nSPS) is 15.9. The molecule has 0 heterocycles. The van der Waals surface area contributed by atoms with Crippen molar-refractivity contribution in [3.8, 4) is 0 Å². The maximum atomic E-state index is 5.77. The predicted octanol–water partition coefficient (Wildman–Crippen LogP) is 4.43. The number of nitrogens with two attached hydrogens (primary N) is 1. The first kappa shape index (κ1) is 16.0. The van der Waals surface area contributed by atoms with E-state index in [9.17, 15) is 0 Å². The molecule has 17 heavy (non-hydrogen) atoms. The van der Waals surface area contributed by atoms with Crippen LogP contribution in [-0.2, 0) is 0 Å². The summed E-state index contributed by atoms with van der Waals surface area (Å²) >= 11 is 0. The smallest absolute Gasteiger partial charge is 0.0635 e. The number of aliphatic imine (C=N–C) groups is 1. The summed E-state index contributed by atoms with van der Waals surface area (Å²) in [6, 6.07) is 0. The molecule has 0 bridgehead atoms. The van der Waals surface area contributed by atoms with E-state index in [4.69, 9.17) is 10.7 Å².